The SMILES string of the molecule is CCCCCCCC(=O)C1=C2C3=COC(C)=CC3=CC(=O)[C@]2(C)OC1=O. The van der Waals surface area contributed by atoms with Crippen molar-refractivity contribution in [3.63, 3.8) is 0 Å². The van der Waals surface area contributed by atoms with Crippen LogP contribution in [0.15, 0.2) is 46.5 Å². The lowest BCUT2D eigenvalue weighted by molar-refractivity contribution is -0.152. The third-order valence-electron chi connectivity index (χ3n) is 5.07. The second kappa shape index (κ2) is 7.06. The standard InChI is InChI=1S/C21H24O5/c1-4-5-6-7-8-9-16(22)18-19-15-12-25-13(2)10-14(15)11-17(23)21(19,3)26-20(18)24/h10-12H,4-9H2,1-3H3/t21-/m0/s1. The van der Waals surface area contributed by atoms with E-state index in [1.165, 1.54) is 12.3 Å². The van der Waals surface area contributed by atoms with Gasteiger partial charge < -0.3 is 9.47 Å². The van der Waals surface area contributed by atoms with Crippen LogP contribution in [0.3, 0.4) is 0 Å². The topological polar surface area (TPSA) is 69.7 Å². The van der Waals surface area contributed by atoms with Gasteiger partial charge in [-0.3, -0.25) is 9.59 Å². The monoisotopic (exact) mass is 356 g/mol. The quantitative estimate of drug-likeness (QED) is 0.394. The number of hydrogen-bond donors (Lipinski definition) is 0. The average Bonchev–Trinajstić information content (AvgIpc) is 2.86. The lowest BCUT2D eigenvalue weighted by Crippen LogP contribution is -2.40. The molecule has 0 amide bonds. The normalized spacial score (nSPS) is 24.2. The first-order valence-electron chi connectivity index (χ1n) is 9.21. The fraction of sp³-hybridized carbons (Fsp3) is 0.476. The summed E-state index contributed by atoms with van der Waals surface area (Å²) < 4.78 is 10.8. The molecule has 0 bridgehead atoms. The Kier molecular flexibility index (Phi) is 4.99. The van der Waals surface area contributed by atoms with Crippen LogP contribution in [-0.4, -0.2) is 23.1 Å². The summed E-state index contributed by atoms with van der Waals surface area (Å²) in [5.41, 5.74) is 0.148. The van der Waals surface area contributed by atoms with Gasteiger partial charge in [-0.15, -0.1) is 0 Å². The molecule has 138 valence electrons. The highest BCUT2D eigenvalue weighted by atomic mass is 16.6. The highest BCUT2D eigenvalue weighted by molar-refractivity contribution is 6.24. The van der Waals surface area contributed by atoms with Crippen LogP contribution in [0, 0.1) is 0 Å². The van der Waals surface area contributed by atoms with Crippen molar-refractivity contribution in [2.75, 3.05) is 0 Å². The molecule has 0 saturated heterocycles. The van der Waals surface area contributed by atoms with Gasteiger partial charge in [-0.1, -0.05) is 32.6 Å². The molecule has 0 N–H and O–H groups in total. The van der Waals surface area contributed by atoms with E-state index in [0.717, 1.165) is 32.1 Å². The van der Waals surface area contributed by atoms with E-state index in [9.17, 15) is 14.4 Å². The van der Waals surface area contributed by atoms with Gasteiger partial charge in [-0.25, -0.2) is 4.79 Å². The Morgan fingerprint density at radius 2 is 1.85 bits per heavy atom. The molecule has 0 aromatic carbocycles. The molecule has 1 aliphatic carbocycles. The van der Waals surface area contributed by atoms with E-state index in [-0.39, 0.29) is 23.6 Å². The molecule has 3 aliphatic rings. The van der Waals surface area contributed by atoms with Crippen molar-refractivity contribution in [1.82, 2.24) is 0 Å². The molecule has 0 unspecified atom stereocenters. The number of rotatable bonds is 7. The number of ether oxygens (including phenoxy) is 2. The van der Waals surface area contributed by atoms with Crippen LogP contribution in [-0.2, 0) is 23.9 Å². The van der Waals surface area contributed by atoms with Gasteiger partial charge in [-0.2, -0.15) is 0 Å². The predicted molar refractivity (Wildman–Crippen MR) is 95.9 cm³/mol. The van der Waals surface area contributed by atoms with Crippen LogP contribution in [0.5, 0.6) is 0 Å². The van der Waals surface area contributed by atoms with Crippen molar-refractivity contribution in [2.24, 2.45) is 0 Å². The lowest BCUT2D eigenvalue weighted by Gasteiger charge is -2.31. The highest BCUT2D eigenvalue weighted by Gasteiger charge is 2.54. The number of esters is 1. The summed E-state index contributed by atoms with van der Waals surface area (Å²) >= 11 is 0. The van der Waals surface area contributed by atoms with Crippen LogP contribution in [0.25, 0.3) is 0 Å². The number of carbonyl (C=O) groups excluding carboxylic acids is 3. The summed E-state index contributed by atoms with van der Waals surface area (Å²) in [6, 6.07) is 0. The zero-order valence-electron chi connectivity index (χ0n) is 15.5. The number of unbranched alkanes of at least 4 members (excludes halogenated alkanes) is 4. The van der Waals surface area contributed by atoms with Crippen molar-refractivity contribution in [2.45, 2.75) is 64.9 Å². The molecule has 0 aromatic rings. The van der Waals surface area contributed by atoms with Gasteiger partial charge in [0.1, 0.15) is 11.3 Å². The smallest absolute Gasteiger partial charge is 0.343 e. The predicted octanol–water partition coefficient (Wildman–Crippen LogP) is 3.86. The Bertz CT molecular complexity index is 793. The average molecular weight is 356 g/mol. The molecule has 2 aliphatic heterocycles. The third-order valence-corrected chi connectivity index (χ3v) is 5.07. The van der Waals surface area contributed by atoms with Crippen molar-refractivity contribution in [1.29, 1.82) is 0 Å². The Labute approximate surface area is 153 Å². The fourth-order valence-electron chi connectivity index (χ4n) is 3.61. The number of hydrogen-bond acceptors (Lipinski definition) is 5. The van der Waals surface area contributed by atoms with Crippen molar-refractivity contribution in [3.05, 3.63) is 46.5 Å². The van der Waals surface area contributed by atoms with Gasteiger partial charge in [0.25, 0.3) is 0 Å². The minimum Gasteiger partial charge on any atom is -0.469 e. The molecule has 0 fully saturated rings. The van der Waals surface area contributed by atoms with Crippen molar-refractivity contribution in [3.8, 4) is 0 Å². The van der Waals surface area contributed by atoms with Gasteiger partial charge in [-0.05, 0) is 38.0 Å². The third kappa shape index (κ3) is 3.06. The van der Waals surface area contributed by atoms with Gasteiger partial charge >= 0.3 is 5.97 Å². The summed E-state index contributed by atoms with van der Waals surface area (Å²) in [6.07, 6.45) is 9.99. The lowest BCUT2D eigenvalue weighted by atomic mass is 9.75. The van der Waals surface area contributed by atoms with Crippen molar-refractivity contribution < 1.29 is 23.9 Å². The van der Waals surface area contributed by atoms with E-state index in [1.54, 1.807) is 19.9 Å². The molecule has 5 nitrogen and oxygen atoms in total. The van der Waals surface area contributed by atoms with E-state index in [1.807, 2.05) is 0 Å². The van der Waals surface area contributed by atoms with Crippen LogP contribution >= 0.6 is 0 Å². The molecule has 3 rings (SSSR count). The van der Waals surface area contributed by atoms with E-state index in [0.29, 0.717) is 22.5 Å². The second-order valence-corrected chi connectivity index (χ2v) is 7.13. The van der Waals surface area contributed by atoms with E-state index in [2.05, 4.69) is 6.92 Å². The Balaban J connectivity index is 1.92. The fourth-order valence-corrected chi connectivity index (χ4v) is 3.61. The Hall–Kier alpha value is -2.43. The first-order valence-corrected chi connectivity index (χ1v) is 9.21. The van der Waals surface area contributed by atoms with Crippen molar-refractivity contribution >= 4 is 17.5 Å². The molecular weight excluding hydrogens is 332 g/mol. The van der Waals surface area contributed by atoms with Crippen LogP contribution in [0.4, 0.5) is 0 Å². The first kappa shape index (κ1) is 18.4. The first-order chi connectivity index (χ1) is 12.4. The zero-order chi connectivity index (χ0) is 18.9. The van der Waals surface area contributed by atoms with E-state index < -0.39 is 11.6 Å². The van der Waals surface area contributed by atoms with Gasteiger partial charge in [0, 0.05) is 17.6 Å². The number of fused-ring (bicyclic) bond motifs is 3. The molecule has 26 heavy (non-hydrogen) atoms. The highest BCUT2D eigenvalue weighted by Crippen LogP contribution is 2.46. The minimum atomic E-state index is -1.44. The molecule has 0 aromatic heterocycles. The molecule has 5 heteroatoms. The Morgan fingerprint density at radius 3 is 2.58 bits per heavy atom. The molecule has 0 radical (unpaired) electrons. The number of Topliss-reactive ketones (excluding diaryl/α,β-unsaturated/α-hetero) is 1. The largest absolute Gasteiger partial charge is 0.469 e. The summed E-state index contributed by atoms with van der Waals surface area (Å²) in [6.45, 7) is 5.46. The number of allylic oxidation sites excluding steroid dienone is 3. The summed E-state index contributed by atoms with van der Waals surface area (Å²) in [4.78, 5) is 37.8. The van der Waals surface area contributed by atoms with Crippen LogP contribution in [0.2, 0.25) is 0 Å². The summed E-state index contributed by atoms with van der Waals surface area (Å²) in [7, 11) is 0. The maximum Gasteiger partial charge on any atom is 0.343 e. The van der Waals surface area contributed by atoms with Crippen LogP contribution in [0.1, 0.15) is 59.3 Å². The molecule has 1 atom stereocenters. The van der Waals surface area contributed by atoms with E-state index >= 15 is 0 Å². The van der Waals surface area contributed by atoms with Gasteiger partial charge in [0.2, 0.25) is 5.78 Å². The molecular formula is C21H24O5. The number of carbonyl (C=O) groups is 3. The van der Waals surface area contributed by atoms with Gasteiger partial charge in [0.05, 0.1) is 6.26 Å². The van der Waals surface area contributed by atoms with Gasteiger partial charge in [0.15, 0.2) is 11.4 Å². The zero-order valence-corrected chi connectivity index (χ0v) is 15.5. The summed E-state index contributed by atoms with van der Waals surface area (Å²) in [5, 5.41) is 0. The Morgan fingerprint density at radius 1 is 1.12 bits per heavy atom. The maximum absolute atomic E-state index is 12.8. The molecule has 0 spiro atoms. The van der Waals surface area contributed by atoms with E-state index in [4.69, 9.17) is 9.47 Å². The molecule has 2 heterocycles. The molecule has 0 saturated carbocycles. The minimum absolute atomic E-state index is 0.00439. The second-order valence-electron chi connectivity index (χ2n) is 7.13. The van der Waals surface area contributed by atoms with Crippen LogP contribution < -0.4 is 0 Å². The maximum atomic E-state index is 12.8. The summed E-state index contributed by atoms with van der Waals surface area (Å²) in [5.74, 6) is -0.654. The number of ketones is 2.